The summed E-state index contributed by atoms with van der Waals surface area (Å²) in [6.45, 7) is 3.84. The molecule has 0 saturated carbocycles. The summed E-state index contributed by atoms with van der Waals surface area (Å²) in [5.41, 5.74) is 0.876. The van der Waals surface area contributed by atoms with E-state index in [1.807, 2.05) is 0 Å². The van der Waals surface area contributed by atoms with Crippen molar-refractivity contribution in [3.05, 3.63) is 34.5 Å². The second-order valence-electron chi connectivity index (χ2n) is 3.90. The molecule has 1 N–H and O–H groups in total. The van der Waals surface area contributed by atoms with Gasteiger partial charge in [0.1, 0.15) is 5.69 Å². The number of rotatable bonds is 4. The number of hydrogen-bond donors (Lipinski definition) is 1. The molecule has 7 nitrogen and oxygen atoms in total. The van der Waals surface area contributed by atoms with Crippen LogP contribution in [0, 0.1) is 13.8 Å². The lowest BCUT2D eigenvalue weighted by Gasteiger charge is -2.03. The fraction of sp³-hybridized carbons (Fsp3) is 0.364. The minimum atomic E-state index is -0.312. The van der Waals surface area contributed by atoms with Crippen molar-refractivity contribution in [1.29, 1.82) is 0 Å². The number of nitrogens with one attached hydrogen (secondary N) is 1. The fourth-order valence-corrected chi connectivity index (χ4v) is 1.69. The monoisotopic (exact) mass is 281 g/mol. The molecule has 19 heavy (non-hydrogen) atoms. The lowest BCUT2D eigenvalue weighted by Crippen LogP contribution is -2.27. The Labute approximate surface area is 114 Å². The molecule has 2 aromatic rings. The first-order chi connectivity index (χ1) is 9.04. The van der Waals surface area contributed by atoms with Crippen LogP contribution in [0.5, 0.6) is 0 Å². The second kappa shape index (κ2) is 5.75. The molecule has 8 heteroatoms. The number of halogens is 1. The van der Waals surface area contributed by atoms with Gasteiger partial charge in [-0.2, -0.15) is 4.98 Å². The highest BCUT2D eigenvalue weighted by atomic mass is 35.5. The second-order valence-corrected chi connectivity index (χ2v) is 4.24. The van der Waals surface area contributed by atoms with Gasteiger partial charge in [-0.3, -0.25) is 4.79 Å². The average Bonchev–Trinajstić information content (AvgIpc) is 2.73. The minimum absolute atomic E-state index is 0.0546. The Bertz CT molecular complexity index is 578. The summed E-state index contributed by atoms with van der Waals surface area (Å²) in [7, 11) is 0. The molecular weight excluding hydrogens is 270 g/mol. The zero-order chi connectivity index (χ0) is 13.8. The maximum atomic E-state index is 11.8. The molecule has 0 unspecified atom stereocenters. The minimum Gasteiger partial charge on any atom is -0.350 e. The van der Waals surface area contributed by atoms with E-state index < -0.39 is 0 Å². The molecule has 2 rings (SSSR count). The summed E-state index contributed by atoms with van der Waals surface area (Å²) >= 11 is 5.69. The van der Waals surface area contributed by atoms with Gasteiger partial charge < -0.3 is 9.84 Å². The van der Waals surface area contributed by atoms with Gasteiger partial charge in [-0.1, -0.05) is 5.16 Å². The van der Waals surface area contributed by atoms with Crippen molar-refractivity contribution in [3.8, 4) is 0 Å². The summed E-state index contributed by atoms with van der Waals surface area (Å²) < 4.78 is 4.83. The Morgan fingerprint density at radius 3 is 2.79 bits per heavy atom. The highest BCUT2D eigenvalue weighted by molar-refractivity contribution is 6.28. The normalized spacial score (nSPS) is 10.5. The summed E-state index contributed by atoms with van der Waals surface area (Å²) in [4.78, 5) is 23.6. The van der Waals surface area contributed by atoms with E-state index in [0.717, 1.165) is 0 Å². The maximum Gasteiger partial charge on any atom is 0.270 e. The van der Waals surface area contributed by atoms with Gasteiger partial charge in [0.15, 0.2) is 5.82 Å². The predicted molar refractivity (Wildman–Crippen MR) is 66.9 cm³/mol. The Morgan fingerprint density at radius 1 is 1.37 bits per heavy atom. The van der Waals surface area contributed by atoms with E-state index in [1.54, 1.807) is 19.9 Å². The largest absolute Gasteiger partial charge is 0.350 e. The summed E-state index contributed by atoms with van der Waals surface area (Å²) in [5.74, 6) is 0.738. The van der Waals surface area contributed by atoms with Gasteiger partial charge in [0.05, 0.1) is 0 Å². The number of carbonyl (C=O) groups excluding carboxylic acids is 1. The van der Waals surface area contributed by atoms with Gasteiger partial charge in [0.2, 0.25) is 11.2 Å². The van der Waals surface area contributed by atoms with Crippen molar-refractivity contribution >= 4 is 17.5 Å². The van der Waals surface area contributed by atoms with E-state index in [1.165, 1.54) is 0 Å². The molecule has 0 aliphatic carbocycles. The third kappa shape index (κ3) is 3.72. The molecule has 2 heterocycles. The first-order valence-corrected chi connectivity index (χ1v) is 6.01. The lowest BCUT2D eigenvalue weighted by molar-refractivity contribution is 0.0948. The van der Waals surface area contributed by atoms with Gasteiger partial charge >= 0.3 is 0 Å². The highest BCUT2D eigenvalue weighted by Crippen LogP contribution is 2.05. The van der Waals surface area contributed by atoms with E-state index in [9.17, 15) is 4.79 Å². The van der Waals surface area contributed by atoms with Crippen LogP contribution >= 0.6 is 11.6 Å². The summed E-state index contributed by atoms with van der Waals surface area (Å²) in [6, 6.07) is 1.57. The lowest BCUT2D eigenvalue weighted by atomic mass is 10.3. The Hall–Kier alpha value is -2.02. The number of nitrogens with zero attached hydrogens (tertiary/aromatic N) is 4. The maximum absolute atomic E-state index is 11.8. The SMILES string of the molecule is Cc1cc(C(=O)NCCc2noc(C)n2)nc(Cl)n1. The topological polar surface area (TPSA) is 93.8 Å². The highest BCUT2D eigenvalue weighted by Gasteiger charge is 2.10. The van der Waals surface area contributed by atoms with Crippen molar-refractivity contribution in [3.63, 3.8) is 0 Å². The molecule has 0 atom stereocenters. The first-order valence-electron chi connectivity index (χ1n) is 5.63. The zero-order valence-electron chi connectivity index (χ0n) is 10.5. The molecule has 0 radical (unpaired) electrons. The van der Waals surface area contributed by atoms with Crippen LogP contribution in [0.4, 0.5) is 0 Å². The van der Waals surface area contributed by atoms with Crippen LogP contribution in [-0.4, -0.2) is 32.6 Å². The standard InChI is InChI=1S/C11H12ClN5O2/c1-6-5-8(16-11(12)14-6)10(18)13-4-3-9-15-7(2)19-17-9/h5H,3-4H2,1-2H3,(H,13,18). The molecule has 0 saturated heterocycles. The van der Waals surface area contributed by atoms with E-state index in [4.69, 9.17) is 16.1 Å². The predicted octanol–water partition coefficient (Wildman–Crippen LogP) is 1.10. The van der Waals surface area contributed by atoms with Crippen LogP contribution in [0.15, 0.2) is 10.6 Å². The van der Waals surface area contributed by atoms with E-state index in [2.05, 4.69) is 25.4 Å². The molecule has 0 spiro atoms. The molecule has 0 bridgehead atoms. The Balaban J connectivity index is 1.90. The van der Waals surface area contributed by atoms with E-state index >= 15 is 0 Å². The summed E-state index contributed by atoms with van der Waals surface area (Å²) in [5, 5.41) is 6.49. The third-order valence-corrected chi connectivity index (χ3v) is 2.43. The number of hydrogen-bond acceptors (Lipinski definition) is 6. The van der Waals surface area contributed by atoms with Crippen LogP contribution in [-0.2, 0) is 6.42 Å². The van der Waals surface area contributed by atoms with Gasteiger partial charge in [-0.15, -0.1) is 0 Å². The molecule has 0 aliphatic rings. The van der Waals surface area contributed by atoms with Gasteiger partial charge in [0.25, 0.3) is 5.91 Å². The number of aryl methyl sites for hydroxylation is 2. The average molecular weight is 282 g/mol. The molecule has 0 aromatic carbocycles. The first kappa shape index (κ1) is 13.4. The third-order valence-electron chi connectivity index (χ3n) is 2.26. The van der Waals surface area contributed by atoms with Gasteiger partial charge in [-0.05, 0) is 24.6 Å². The number of aromatic nitrogens is 4. The van der Waals surface area contributed by atoms with Crippen molar-refractivity contribution in [2.24, 2.45) is 0 Å². The smallest absolute Gasteiger partial charge is 0.270 e. The molecule has 2 aromatic heterocycles. The molecule has 100 valence electrons. The number of carbonyl (C=O) groups is 1. The molecule has 0 fully saturated rings. The van der Waals surface area contributed by atoms with Gasteiger partial charge in [-0.25, -0.2) is 9.97 Å². The van der Waals surface area contributed by atoms with Crippen LogP contribution in [0.1, 0.15) is 27.9 Å². The van der Waals surface area contributed by atoms with E-state index in [-0.39, 0.29) is 16.9 Å². The van der Waals surface area contributed by atoms with Gasteiger partial charge in [0, 0.05) is 25.6 Å². The molecule has 0 aliphatic heterocycles. The quantitative estimate of drug-likeness (QED) is 0.844. The fourth-order valence-electron chi connectivity index (χ4n) is 1.47. The zero-order valence-corrected chi connectivity index (χ0v) is 11.2. The van der Waals surface area contributed by atoms with Crippen molar-refractivity contribution < 1.29 is 9.32 Å². The van der Waals surface area contributed by atoms with Crippen molar-refractivity contribution in [2.45, 2.75) is 20.3 Å². The van der Waals surface area contributed by atoms with Crippen LogP contribution in [0.2, 0.25) is 5.28 Å². The molecular formula is C11H12ClN5O2. The summed E-state index contributed by atoms with van der Waals surface area (Å²) in [6.07, 6.45) is 0.487. The van der Waals surface area contributed by atoms with Crippen molar-refractivity contribution in [2.75, 3.05) is 6.54 Å². The Kier molecular flexibility index (Phi) is 4.06. The van der Waals surface area contributed by atoms with Crippen LogP contribution < -0.4 is 5.32 Å². The van der Waals surface area contributed by atoms with Crippen LogP contribution in [0.25, 0.3) is 0 Å². The Morgan fingerprint density at radius 2 is 2.16 bits per heavy atom. The molecule has 1 amide bonds. The van der Waals surface area contributed by atoms with E-state index in [0.29, 0.717) is 30.4 Å². The van der Waals surface area contributed by atoms with Crippen LogP contribution in [0.3, 0.4) is 0 Å². The number of amides is 1. The van der Waals surface area contributed by atoms with Crippen molar-refractivity contribution in [1.82, 2.24) is 25.4 Å².